The van der Waals surface area contributed by atoms with Crippen molar-refractivity contribution in [1.82, 2.24) is 5.32 Å². The van der Waals surface area contributed by atoms with Crippen molar-refractivity contribution in [3.8, 4) is 0 Å². The number of nitrogens with one attached hydrogen (secondary N) is 1. The number of halogens is 1. The van der Waals surface area contributed by atoms with Crippen LogP contribution >= 0.6 is 11.6 Å². The van der Waals surface area contributed by atoms with Gasteiger partial charge in [0, 0.05) is 16.5 Å². The fourth-order valence-electron chi connectivity index (χ4n) is 2.68. The van der Waals surface area contributed by atoms with Gasteiger partial charge in [0.2, 0.25) is 0 Å². The molecule has 0 radical (unpaired) electrons. The van der Waals surface area contributed by atoms with Gasteiger partial charge >= 0.3 is 0 Å². The third kappa shape index (κ3) is 3.23. The Morgan fingerprint density at radius 3 is 2.15 bits per heavy atom. The maximum atomic E-state index is 6.00. The molecule has 2 aromatic carbocycles. The van der Waals surface area contributed by atoms with Gasteiger partial charge in [-0.2, -0.15) is 0 Å². The fraction of sp³-hybridized carbons (Fsp3) is 0.333. The lowest BCUT2D eigenvalue weighted by Crippen LogP contribution is -2.37. The second kappa shape index (κ2) is 6.43. The summed E-state index contributed by atoms with van der Waals surface area (Å²) in [6.45, 7) is 7.64. The van der Waals surface area contributed by atoms with E-state index in [4.69, 9.17) is 11.6 Å². The highest BCUT2D eigenvalue weighted by Gasteiger charge is 2.31. The topological polar surface area (TPSA) is 12.0 Å². The third-order valence-corrected chi connectivity index (χ3v) is 4.10. The second-order valence-corrected chi connectivity index (χ2v) is 6.07. The Labute approximate surface area is 127 Å². The summed E-state index contributed by atoms with van der Waals surface area (Å²) >= 11 is 6.00. The predicted molar refractivity (Wildman–Crippen MR) is 87.3 cm³/mol. The Balaban J connectivity index is 2.39. The minimum Gasteiger partial charge on any atom is -0.309 e. The molecule has 0 fully saturated rings. The number of hydrogen-bond donors (Lipinski definition) is 1. The molecule has 0 amide bonds. The molecule has 1 atom stereocenters. The minimum atomic E-state index is 0.00506. The first-order chi connectivity index (χ1) is 9.55. The third-order valence-electron chi connectivity index (χ3n) is 3.85. The highest BCUT2D eigenvalue weighted by atomic mass is 35.5. The normalized spacial score (nSPS) is 13.2. The number of likely N-dealkylation sites (N-methyl/N-ethyl adjacent to an activating group) is 1. The van der Waals surface area contributed by atoms with Gasteiger partial charge in [0.1, 0.15) is 0 Å². The van der Waals surface area contributed by atoms with Crippen molar-refractivity contribution in [2.45, 2.75) is 32.2 Å². The summed E-state index contributed by atoms with van der Waals surface area (Å²) in [6.07, 6.45) is 0. The summed E-state index contributed by atoms with van der Waals surface area (Å²) in [5.74, 6) is 0. The van der Waals surface area contributed by atoms with Gasteiger partial charge in [-0.05, 0) is 29.8 Å². The zero-order valence-corrected chi connectivity index (χ0v) is 13.1. The SMILES string of the molecule is CCNC(c1ccc(Cl)cc1)C(C)(C)c1ccccc1. The van der Waals surface area contributed by atoms with Gasteiger partial charge in [0.05, 0.1) is 0 Å². The minimum absolute atomic E-state index is 0.00506. The molecule has 2 rings (SSSR count). The molecule has 2 aromatic rings. The van der Waals surface area contributed by atoms with E-state index in [2.05, 4.69) is 68.6 Å². The van der Waals surface area contributed by atoms with Crippen LogP contribution in [0.3, 0.4) is 0 Å². The summed E-state index contributed by atoms with van der Waals surface area (Å²) in [6, 6.07) is 19.0. The average Bonchev–Trinajstić information content (AvgIpc) is 2.47. The number of rotatable bonds is 5. The van der Waals surface area contributed by atoms with E-state index in [1.54, 1.807) is 0 Å². The molecule has 0 saturated heterocycles. The van der Waals surface area contributed by atoms with E-state index < -0.39 is 0 Å². The van der Waals surface area contributed by atoms with Crippen LogP contribution in [-0.2, 0) is 5.41 Å². The molecule has 0 aliphatic heterocycles. The molecule has 0 heterocycles. The highest BCUT2D eigenvalue weighted by molar-refractivity contribution is 6.30. The van der Waals surface area contributed by atoms with Crippen molar-refractivity contribution < 1.29 is 0 Å². The highest BCUT2D eigenvalue weighted by Crippen LogP contribution is 2.37. The summed E-state index contributed by atoms with van der Waals surface area (Å²) in [4.78, 5) is 0. The quantitative estimate of drug-likeness (QED) is 0.819. The first-order valence-electron chi connectivity index (χ1n) is 7.10. The second-order valence-electron chi connectivity index (χ2n) is 5.63. The van der Waals surface area contributed by atoms with Crippen LogP contribution in [0.4, 0.5) is 0 Å². The van der Waals surface area contributed by atoms with E-state index in [0.717, 1.165) is 11.6 Å². The van der Waals surface area contributed by atoms with Crippen molar-refractivity contribution in [3.63, 3.8) is 0 Å². The molecule has 0 aliphatic rings. The summed E-state index contributed by atoms with van der Waals surface area (Å²) in [7, 11) is 0. The molecule has 1 nitrogen and oxygen atoms in total. The van der Waals surface area contributed by atoms with Gasteiger partial charge in [-0.15, -0.1) is 0 Å². The van der Waals surface area contributed by atoms with Gasteiger partial charge in [-0.25, -0.2) is 0 Å². The van der Waals surface area contributed by atoms with Crippen LogP contribution in [0.1, 0.15) is 37.9 Å². The van der Waals surface area contributed by atoms with Crippen LogP contribution in [0, 0.1) is 0 Å². The van der Waals surface area contributed by atoms with E-state index in [-0.39, 0.29) is 11.5 Å². The molecule has 2 heteroatoms. The van der Waals surface area contributed by atoms with Crippen molar-refractivity contribution in [1.29, 1.82) is 0 Å². The van der Waals surface area contributed by atoms with Crippen molar-refractivity contribution in [2.24, 2.45) is 0 Å². The maximum absolute atomic E-state index is 6.00. The Hall–Kier alpha value is -1.31. The molecule has 0 aliphatic carbocycles. The van der Waals surface area contributed by atoms with E-state index in [9.17, 15) is 0 Å². The summed E-state index contributed by atoms with van der Waals surface area (Å²) in [5, 5.41) is 4.39. The molecule has 0 aromatic heterocycles. The largest absolute Gasteiger partial charge is 0.309 e. The molecule has 106 valence electrons. The van der Waals surface area contributed by atoms with E-state index in [1.807, 2.05) is 12.1 Å². The molecule has 1 unspecified atom stereocenters. The predicted octanol–water partition coefficient (Wildman–Crippen LogP) is 4.97. The molecule has 0 bridgehead atoms. The summed E-state index contributed by atoms with van der Waals surface area (Å²) < 4.78 is 0. The van der Waals surface area contributed by atoms with E-state index in [1.165, 1.54) is 11.1 Å². The summed E-state index contributed by atoms with van der Waals surface area (Å²) in [5.41, 5.74) is 2.61. The first kappa shape index (κ1) is 15.1. The lowest BCUT2D eigenvalue weighted by atomic mass is 9.75. The standard InChI is InChI=1S/C18H22ClN/c1-4-20-17(14-10-12-16(19)13-11-14)18(2,3)15-8-6-5-7-9-15/h5-13,17,20H,4H2,1-3H3. The van der Waals surface area contributed by atoms with Gasteiger partial charge in [0.25, 0.3) is 0 Å². The zero-order valence-electron chi connectivity index (χ0n) is 12.4. The van der Waals surface area contributed by atoms with Crippen LogP contribution in [0.15, 0.2) is 54.6 Å². The average molecular weight is 288 g/mol. The Morgan fingerprint density at radius 1 is 1.00 bits per heavy atom. The van der Waals surface area contributed by atoms with E-state index >= 15 is 0 Å². The van der Waals surface area contributed by atoms with Crippen molar-refractivity contribution >= 4 is 11.6 Å². The van der Waals surface area contributed by atoms with Gasteiger partial charge in [0.15, 0.2) is 0 Å². The van der Waals surface area contributed by atoms with Crippen LogP contribution < -0.4 is 5.32 Å². The lowest BCUT2D eigenvalue weighted by Gasteiger charge is -2.36. The molecule has 1 N–H and O–H groups in total. The number of benzene rings is 2. The van der Waals surface area contributed by atoms with Crippen LogP contribution in [0.25, 0.3) is 0 Å². The van der Waals surface area contributed by atoms with Crippen LogP contribution in [0.2, 0.25) is 5.02 Å². The van der Waals surface area contributed by atoms with Gasteiger partial charge in [-0.3, -0.25) is 0 Å². The maximum Gasteiger partial charge on any atom is 0.0412 e. The zero-order chi connectivity index (χ0) is 14.6. The number of hydrogen-bond acceptors (Lipinski definition) is 1. The molecular weight excluding hydrogens is 266 g/mol. The van der Waals surface area contributed by atoms with Crippen LogP contribution in [0.5, 0.6) is 0 Å². The molecule has 0 spiro atoms. The lowest BCUT2D eigenvalue weighted by molar-refractivity contribution is 0.354. The smallest absolute Gasteiger partial charge is 0.0412 e. The van der Waals surface area contributed by atoms with E-state index in [0.29, 0.717) is 0 Å². The Morgan fingerprint density at radius 2 is 1.60 bits per heavy atom. The Kier molecular flexibility index (Phi) is 4.85. The molecular formula is C18H22ClN. The van der Waals surface area contributed by atoms with Gasteiger partial charge in [-0.1, -0.05) is 74.8 Å². The van der Waals surface area contributed by atoms with Crippen molar-refractivity contribution in [3.05, 3.63) is 70.7 Å². The molecule has 0 saturated carbocycles. The van der Waals surface area contributed by atoms with Crippen LogP contribution in [-0.4, -0.2) is 6.54 Å². The molecule has 20 heavy (non-hydrogen) atoms. The fourth-order valence-corrected chi connectivity index (χ4v) is 2.81. The first-order valence-corrected chi connectivity index (χ1v) is 7.48. The Bertz CT molecular complexity index is 531. The van der Waals surface area contributed by atoms with Crippen molar-refractivity contribution in [2.75, 3.05) is 6.54 Å². The monoisotopic (exact) mass is 287 g/mol. The van der Waals surface area contributed by atoms with Gasteiger partial charge < -0.3 is 5.32 Å².